The van der Waals surface area contributed by atoms with Crippen LogP contribution in [0.4, 0.5) is 13.2 Å². The Bertz CT molecular complexity index is 586. The van der Waals surface area contributed by atoms with Crippen molar-refractivity contribution in [2.24, 2.45) is 0 Å². The van der Waals surface area contributed by atoms with E-state index in [-0.39, 0.29) is 24.4 Å². The van der Waals surface area contributed by atoms with Crippen molar-refractivity contribution in [3.8, 4) is 5.75 Å². The van der Waals surface area contributed by atoms with Crippen molar-refractivity contribution in [3.05, 3.63) is 29.8 Å². The summed E-state index contributed by atoms with van der Waals surface area (Å²) in [5.41, 5.74) is 0.0237. The summed E-state index contributed by atoms with van der Waals surface area (Å²) < 4.78 is 45.4. The smallest absolute Gasteiger partial charge is 0.406 e. The highest BCUT2D eigenvalue weighted by Crippen LogP contribution is 2.23. The number of nitrogens with zero attached hydrogens (tertiary/aromatic N) is 1. The molecule has 0 bridgehead atoms. The predicted octanol–water partition coefficient (Wildman–Crippen LogP) is 1.56. The average molecular weight is 346 g/mol. The second-order valence-corrected chi connectivity index (χ2v) is 5.07. The first-order valence-corrected chi connectivity index (χ1v) is 7.35. The molecule has 1 aromatic carbocycles. The van der Waals surface area contributed by atoms with E-state index >= 15 is 0 Å². The average Bonchev–Trinajstić information content (AvgIpc) is 2.54. The summed E-state index contributed by atoms with van der Waals surface area (Å²) in [6.07, 6.45) is -4.70. The largest absolute Gasteiger partial charge is 0.573 e. The molecule has 24 heavy (non-hydrogen) atoms. The molecule has 9 heteroatoms. The van der Waals surface area contributed by atoms with Crippen molar-refractivity contribution < 1.29 is 32.2 Å². The molecule has 2 rings (SSSR count). The van der Waals surface area contributed by atoms with Gasteiger partial charge in [-0.2, -0.15) is 0 Å². The first-order chi connectivity index (χ1) is 11.3. The summed E-state index contributed by atoms with van der Waals surface area (Å²) in [6.45, 7) is 2.11. The third-order valence-corrected chi connectivity index (χ3v) is 3.32. The number of alkyl halides is 3. The molecule has 1 N–H and O–H groups in total. The highest BCUT2D eigenvalue weighted by Gasteiger charge is 2.31. The Hall–Kier alpha value is -2.29. The molecule has 0 atom stereocenters. The summed E-state index contributed by atoms with van der Waals surface area (Å²) in [5, 5.41) is 2.50. The van der Waals surface area contributed by atoms with Crippen LogP contribution in [0.15, 0.2) is 24.3 Å². The molecular weight excluding hydrogens is 329 g/mol. The van der Waals surface area contributed by atoms with Crippen LogP contribution in [0.2, 0.25) is 0 Å². The fraction of sp³-hybridized carbons (Fsp3) is 0.467. The third-order valence-electron chi connectivity index (χ3n) is 3.32. The Balaban J connectivity index is 1.81. The van der Waals surface area contributed by atoms with E-state index in [1.165, 1.54) is 12.1 Å². The summed E-state index contributed by atoms with van der Waals surface area (Å²) in [6, 6.07) is 4.75. The summed E-state index contributed by atoms with van der Waals surface area (Å²) in [4.78, 5) is 25.5. The lowest BCUT2D eigenvalue weighted by Crippen LogP contribution is -2.42. The van der Waals surface area contributed by atoms with E-state index < -0.39 is 18.0 Å². The molecular formula is C15H17F3N2O4. The third kappa shape index (κ3) is 5.73. The van der Waals surface area contributed by atoms with Crippen LogP contribution in [0.3, 0.4) is 0 Å². The maximum absolute atomic E-state index is 12.2. The second kappa shape index (κ2) is 8.00. The number of rotatable bonds is 5. The van der Waals surface area contributed by atoms with E-state index in [0.29, 0.717) is 26.3 Å². The molecule has 1 fully saturated rings. The van der Waals surface area contributed by atoms with E-state index in [0.717, 1.165) is 12.1 Å². The molecule has 0 saturated carbocycles. The molecule has 2 amide bonds. The van der Waals surface area contributed by atoms with Crippen LogP contribution >= 0.6 is 0 Å². The van der Waals surface area contributed by atoms with Crippen LogP contribution in [0, 0.1) is 0 Å². The summed E-state index contributed by atoms with van der Waals surface area (Å²) in [5.74, 6) is -1.15. The lowest BCUT2D eigenvalue weighted by molar-refractivity contribution is -0.274. The Morgan fingerprint density at radius 2 is 1.96 bits per heavy atom. The molecule has 1 aliphatic rings. The van der Waals surface area contributed by atoms with Gasteiger partial charge in [-0.25, -0.2) is 0 Å². The van der Waals surface area contributed by atoms with Crippen LogP contribution in [0.1, 0.15) is 16.8 Å². The lowest BCUT2D eigenvalue weighted by atomic mass is 10.2. The van der Waals surface area contributed by atoms with Crippen molar-refractivity contribution >= 4 is 11.8 Å². The minimum Gasteiger partial charge on any atom is -0.406 e. The molecule has 1 aliphatic heterocycles. The van der Waals surface area contributed by atoms with E-state index in [9.17, 15) is 22.8 Å². The normalized spacial score (nSPS) is 15.0. The van der Waals surface area contributed by atoms with Crippen LogP contribution in [0.25, 0.3) is 0 Å². The van der Waals surface area contributed by atoms with Crippen molar-refractivity contribution in [3.63, 3.8) is 0 Å². The molecule has 6 nitrogen and oxygen atoms in total. The highest BCUT2D eigenvalue weighted by molar-refractivity contribution is 5.94. The number of halogens is 3. The number of carbonyl (C=O) groups is 2. The molecule has 0 radical (unpaired) electrons. The molecule has 1 aromatic rings. The maximum Gasteiger partial charge on any atom is 0.573 e. The number of ether oxygens (including phenoxy) is 2. The van der Waals surface area contributed by atoms with Gasteiger partial charge in [0, 0.05) is 31.6 Å². The fourth-order valence-electron chi connectivity index (χ4n) is 2.19. The standard InChI is InChI=1S/C15H17F3N2O4/c16-15(17,18)24-12-3-1-2-11(10-12)14(22)19-5-4-13(21)20-6-8-23-9-7-20/h1-3,10H,4-9H2,(H,19,22). The zero-order valence-corrected chi connectivity index (χ0v) is 12.8. The second-order valence-electron chi connectivity index (χ2n) is 5.07. The van der Waals surface area contributed by atoms with Gasteiger partial charge in [0.05, 0.1) is 13.2 Å². The van der Waals surface area contributed by atoms with Gasteiger partial charge in [0.2, 0.25) is 5.91 Å². The number of benzene rings is 1. The SMILES string of the molecule is O=C(NCCC(=O)N1CCOCC1)c1cccc(OC(F)(F)F)c1. The Morgan fingerprint density at radius 3 is 2.62 bits per heavy atom. The number of hydrogen-bond acceptors (Lipinski definition) is 4. The van der Waals surface area contributed by atoms with Gasteiger partial charge in [0.1, 0.15) is 5.75 Å². The van der Waals surface area contributed by atoms with Gasteiger partial charge >= 0.3 is 6.36 Å². The van der Waals surface area contributed by atoms with Gasteiger partial charge in [-0.15, -0.1) is 13.2 Å². The Morgan fingerprint density at radius 1 is 1.25 bits per heavy atom. The van der Waals surface area contributed by atoms with Crippen LogP contribution in [-0.4, -0.2) is 55.9 Å². The monoisotopic (exact) mass is 346 g/mol. The minimum absolute atomic E-state index is 0.0237. The van der Waals surface area contributed by atoms with Gasteiger partial charge in [-0.3, -0.25) is 9.59 Å². The molecule has 132 valence electrons. The Kier molecular flexibility index (Phi) is 6.02. The zero-order chi connectivity index (χ0) is 17.6. The van der Waals surface area contributed by atoms with Crippen LogP contribution in [0.5, 0.6) is 5.75 Å². The summed E-state index contributed by atoms with van der Waals surface area (Å²) in [7, 11) is 0. The van der Waals surface area contributed by atoms with Crippen LogP contribution in [-0.2, 0) is 9.53 Å². The van der Waals surface area contributed by atoms with Crippen LogP contribution < -0.4 is 10.1 Å². The first kappa shape index (κ1) is 18.1. The van der Waals surface area contributed by atoms with Crippen molar-refractivity contribution in [1.29, 1.82) is 0 Å². The van der Waals surface area contributed by atoms with E-state index in [4.69, 9.17) is 4.74 Å². The van der Waals surface area contributed by atoms with Crippen molar-refractivity contribution in [2.45, 2.75) is 12.8 Å². The molecule has 0 aliphatic carbocycles. The molecule has 0 spiro atoms. The van der Waals surface area contributed by atoms with Crippen molar-refractivity contribution in [1.82, 2.24) is 10.2 Å². The minimum atomic E-state index is -4.82. The zero-order valence-electron chi connectivity index (χ0n) is 12.8. The topological polar surface area (TPSA) is 67.9 Å². The fourth-order valence-corrected chi connectivity index (χ4v) is 2.19. The van der Waals surface area contributed by atoms with Gasteiger partial charge in [0.15, 0.2) is 0 Å². The quantitative estimate of drug-likeness (QED) is 0.879. The number of hydrogen-bond donors (Lipinski definition) is 1. The van der Waals surface area contributed by atoms with Crippen molar-refractivity contribution in [2.75, 3.05) is 32.8 Å². The highest BCUT2D eigenvalue weighted by atomic mass is 19.4. The van der Waals surface area contributed by atoms with E-state index in [1.807, 2.05) is 0 Å². The molecule has 1 saturated heterocycles. The van der Waals surface area contributed by atoms with Gasteiger partial charge in [-0.1, -0.05) is 6.07 Å². The number of carbonyl (C=O) groups excluding carboxylic acids is 2. The molecule has 0 unspecified atom stereocenters. The Labute approximate surface area is 136 Å². The van der Waals surface area contributed by atoms with E-state index in [2.05, 4.69) is 10.1 Å². The van der Waals surface area contributed by atoms with Gasteiger partial charge in [0.25, 0.3) is 5.91 Å². The van der Waals surface area contributed by atoms with Gasteiger partial charge in [-0.05, 0) is 18.2 Å². The van der Waals surface area contributed by atoms with E-state index in [1.54, 1.807) is 4.90 Å². The maximum atomic E-state index is 12.2. The summed E-state index contributed by atoms with van der Waals surface area (Å²) >= 11 is 0. The number of morpholine rings is 1. The predicted molar refractivity (Wildman–Crippen MR) is 77.5 cm³/mol. The number of nitrogens with one attached hydrogen (secondary N) is 1. The molecule has 1 heterocycles. The van der Waals surface area contributed by atoms with Gasteiger partial charge < -0.3 is 19.7 Å². The molecule has 0 aromatic heterocycles. The number of amides is 2. The lowest BCUT2D eigenvalue weighted by Gasteiger charge is -2.26. The first-order valence-electron chi connectivity index (χ1n) is 7.35.